The van der Waals surface area contributed by atoms with E-state index in [1.165, 1.54) is 32.9 Å². The molecular formula is C21H27N3O9. The molecule has 0 atom stereocenters. The fraction of sp³-hybridized carbons (Fsp3) is 0.429. The number of anilines is 3. The third-order valence-corrected chi connectivity index (χ3v) is 4.63. The van der Waals surface area contributed by atoms with Gasteiger partial charge in [-0.05, 0) is 37.5 Å². The Morgan fingerprint density at radius 3 is 1.00 bits per heavy atom. The van der Waals surface area contributed by atoms with E-state index < -0.39 is 17.9 Å². The summed E-state index contributed by atoms with van der Waals surface area (Å²) in [6.07, 6.45) is 1.49. The molecule has 0 saturated heterocycles. The van der Waals surface area contributed by atoms with Crippen LogP contribution in [0.15, 0.2) is 18.2 Å². The number of amides is 3. The highest BCUT2D eigenvalue weighted by atomic mass is 16.4. The maximum atomic E-state index is 11.7. The zero-order valence-corrected chi connectivity index (χ0v) is 18.0. The summed E-state index contributed by atoms with van der Waals surface area (Å²) in [5, 5.41) is 26.5. The fourth-order valence-corrected chi connectivity index (χ4v) is 3.01. The van der Waals surface area contributed by atoms with Crippen molar-refractivity contribution in [3.05, 3.63) is 18.2 Å². The zero-order chi connectivity index (χ0) is 24.8. The Bertz CT molecular complexity index is 738. The van der Waals surface area contributed by atoms with Crippen LogP contribution in [0.3, 0.4) is 0 Å². The van der Waals surface area contributed by atoms with Crippen molar-refractivity contribution in [2.24, 2.45) is 0 Å². The van der Waals surface area contributed by atoms with Crippen molar-refractivity contribution < 1.29 is 44.1 Å². The van der Waals surface area contributed by atoms with E-state index in [0.29, 0.717) is 19.2 Å². The minimum absolute atomic E-state index is 0.0684. The highest BCUT2D eigenvalue weighted by Crippen LogP contribution is 2.30. The molecular weight excluding hydrogens is 438 g/mol. The van der Waals surface area contributed by atoms with Gasteiger partial charge < -0.3 is 30.0 Å². The number of carboxylic acids is 3. The third kappa shape index (κ3) is 9.80. The number of carbonyl (C=O) groups is 6. The van der Waals surface area contributed by atoms with Crippen LogP contribution in [-0.4, -0.2) is 72.1 Å². The van der Waals surface area contributed by atoms with Crippen LogP contribution < -0.4 is 14.7 Å². The first-order valence-electron chi connectivity index (χ1n) is 10.2. The molecule has 12 heteroatoms. The van der Waals surface area contributed by atoms with Crippen LogP contribution >= 0.6 is 0 Å². The second kappa shape index (κ2) is 14.2. The minimum atomic E-state index is -1.02. The largest absolute Gasteiger partial charge is 0.481 e. The highest BCUT2D eigenvalue weighted by molar-refractivity contribution is 5.87. The topological polar surface area (TPSA) is 173 Å². The van der Waals surface area contributed by atoms with Gasteiger partial charge in [0, 0.05) is 56.0 Å². The van der Waals surface area contributed by atoms with Crippen molar-refractivity contribution >= 4 is 54.2 Å². The summed E-state index contributed by atoms with van der Waals surface area (Å²) < 4.78 is 0. The molecule has 0 spiro atoms. The van der Waals surface area contributed by atoms with Crippen molar-refractivity contribution in [2.45, 2.75) is 38.5 Å². The van der Waals surface area contributed by atoms with Gasteiger partial charge in [0.15, 0.2) is 0 Å². The molecule has 0 bridgehead atoms. The van der Waals surface area contributed by atoms with Gasteiger partial charge in [-0.15, -0.1) is 0 Å². The monoisotopic (exact) mass is 465 g/mol. The first-order chi connectivity index (χ1) is 15.7. The van der Waals surface area contributed by atoms with E-state index in [1.807, 2.05) is 0 Å². The molecule has 1 aromatic carbocycles. The second-order valence-electron chi connectivity index (χ2n) is 7.10. The van der Waals surface area contributed by atoms with Gasteiger partial charge in [-0.2, -0.15) is 0 Å². The molecule has 1 rings (SSSR count). The van der Waals surface area contributed by atoms with Crippen molar-refractivity contribution in [1.82, 2.24) is 0 Å². The average molecular weight is 465 g/mol. The Balaban J connectivity index is 3.28. The maximum absolute atomic E-state index is 11.7. The molecule has 0 aliphatic rings. The summed E-state index contributed by atoms with van der Waals surface area (Å²) in [5.74, 6) is -3.07. The van der Waals surface area contributed by atoms with Gasteiger partial charge in [-0.3, -0.25) is 28.8 Å². The first kappa shape index (κ1) is 27.1. The Kier molecular flexibility index (Phi) is 11.6. The van der Waals surface area contributed by atoms with Gasteiger partial charge >= 0.3 is 17.9 Å². The number of hydrogen-bond acceptors (Lipinski definition) is 6. The van der Waals surface area contributed by atoms with Gasteiger partial charge in [0.1, 0.15) is 0 Å². The van der Waals surface area contributed by atoms with Gasteiger partial charge in [0.05, 0.1) is 0 Å². The molecule has 33 heavy (non-hydrogen) atoms. The number of carbonyl (C=O) groups excluding carboxylic acids is 3. The number of nitrogens with zero attached hydrogens (tertiary/aromatic N) is 3. The normalized spacial score (nSPS) is 10.2. The lowest BCUT2D eigenvalue weighted by molar-refractivity contribution is -0.138. The van der Waals surface area contributed by atoms with Crippen LogP contribution in [0.4, 0.5) is 17.1 Å². The smallest absolute Gasteiger partial charge is 0.303 e. The molecule has 0 unspecified atom stereocenters. The van der Waals surface area contributed by atoms with Crippen molar-refractivity contribution in [2.75, 3.05) is 34.3 Å². The van der Waals surface area contributed by atoms with E-state index >= 15 is 0 Å². The van der Waals surface area contributed by atoms with E-state index in [-0.39, 0.29) is 75.2 Å². The second-order valence-corrected chi connectivity index (χ2v) is 7.10. The maximum Gasteiger partial charge on any atom is 0.303 e. The molecule has 12 nitrogen and oxygen atoms in total. The number of hydrogen-bond donors (Lipinski definition) is 3. The van der Waals surface area contributed by atoms with Crippen molar-refractivity contribution in [3.63, 3.8) is 0 Å². The predicted octanol–water partition coefficient (Wildman–Crippen LogP) is 1.17. The lowest BCUT2D eigenvalue weighted by Gasteiger charge is -2.26. The first-order valence-corrected chi connectivity index (χ1v) is 10.2. The molecule has 3 N–H and O–H groups in total. The van der Waals surface area contributed by atoms with Crippen LogP contribution in [0.1, 0.15) is 38.5 Å². The number of rotatable bonds is 18. The van der Waals surface area contributed by atoms with Crippen molar-refractivity contribution in [1.29, 1.82) is 0 Å². The van der Waals surface area contributed by atoms with Gasteiger partial charge in [0.25, 0.3) is 0 Å². The molecule has 0 heterocycles. The quantitative estimate of drug-likeness (QED) is 0.269. The average Bonchev–Trinajstić information content (AvgIpc) is 2.76. The van der Waals surface area contributed by atoms with Crippen LogP contribution in [0, 0.1) is 0 Å². The summed E-state index contributed by atoms with van der Waals surface area (Å²) in [6.45, 7) is 0.205. The van der Waals surface area contributed by atoms with E-state index in [9.17, 15) is 28.8 Å². The Labute approximate surface area is 190 Å². The third-order valence-electron chi connectivity index (χ3n) is 4.63. The Morgan fingerprint density at radius 2 is 0.818 bits per heavy atom. The standard InChI is InChI=1S/C21H27N3O9/c25-13-22(7-1-4-19(28)29)16-10-17(23(14-26)8-2-5-20(30)31)12-18(11-16)24(15-27)9-3-6-21(32)33/h10-15H,1-9H2,(H,28,29)(H,30,31)(H,32,33). The lowest BCUT2D eigenvalue weighted by atomic mass is 10.1. The Morgan fingerprint density at radius 1 is 0.576 bits per heavy atom. The van der Waals surface area contributed by atoms with Gasteiger partial charge in [-0.1, -0.05) is 0 Å². The van der Waals surface area contributed by atoms with E-state index in [0.717, 1.165) is 0 Å². The number of benzene rings is 1. The molecule has 1 aromatic rings. The summed E-state index contributed by atoms with van der Waals surface area (Å²) in [7, 11) is 0. The summed E-state index contributed by atoms with van der Waals surface area (Å²) in [6, 6.07) is 4.48. The van der Waals surface area contributed by atoms with E-state index in [4.69, 9.17) is 15.3 Å². The molecule has 0 saturated carbocycles. The molecule has 3 amide bonds. The van der Waals surface area contributed by atoms with Crippen LogP contribution in [0.5, 0.6) is 0 Å². The van der Waals surface area contributed by atoms with Crippen LogP contribution in [0.25, 0.3) is 0 Å². The van der Waals surface area contributed by atoms with Gasteiger partial charge in [-0.25, -0.2) is 0 Å². The molecule has 0 radical (unpaired) electrons. The van der Waals surface area contributed by atoms with Crippen molar-refractivity contribution in [3.8, 4) is 0 Å². The summed E-state index contributed by atoms with van der Waals surface area (Å²) >= 11 is 0. The SMILES string of the molecule is O=CN(CCCC(=O)O)c1cc(N(C=O)CCCC(=O)O)cc(N(C=O)CCCC(=O)O)c1. The van der Waals surface area contributed by atoms with Crippen LogP contribution in [-0.2, 0) is 28.8 Å². The van der Waals surface area contributed by atoms with Crippen LogP contribution in [0.2, 0.25) is 0 Å². The zero-order valence-electron chi connectivity index (χ0n) is 18.0. The fourth-order valence-electron chi connectivity index (χ4n) is 3.01. The summed E-state index contributed by atoms with van der Waals surface area (Å²) in [5.41, 5.74) is 0.870. The molecule has 0 aliphatic carbocycles. The summed E-state index contributed by atoms with van der Waals surface area (Å²) in [4.78, 5) is 71.0. The lowest BCUT2D eigenvalue weighted by Crippen LogP contribution is -2.28. The number of carboxylic acid groups (broad SMARTS) is 3. The predicted molar refractivity (Wildman–Crippen MR) is 117 cm³/mol. The molecule has 0 fully saturated rings. The van der Waals surface area contributed by atoms with Gasteiger partial charge in [0.2, 0.25) is 19.2 Å². The molecule has 180 valence electrons. The highest BCUT2D eigenvalue weighted by Gasteiger charge is 2.16. The molecule has 0 aromatic heterocycles. The minimum Gasteiger partial charge on any atom is -0.481 e. The molecule has 0 aliphatic heterocycles. The Hall–Kier alpha value is -3.96. The van der Waals surface area contributed by atoms with E-state index in [1.54, 1.807) is 0 Å². The number of aliphatic carboxylic acids is 3. The van der Waals surface area contributed by atoms with E-state index in [2.05, 4.69) is 0 Å².